The molecule has 6 N–H and O–H groups in total. The first-order valence-electron chi connectivity index (χ1n) is 11.3. The zero-order valence-electron chi connectivity index (χ0n) is 21.0. The lowest BCUT2D eigenvalue weighted by molar-refractivity contribution is -0.117. The van der Waals surface area contributed by atoms with Crippen LogP contribution in [0.4, 0.5) is 11.6 Å². The number of aryl methyl sites for hydroxylation is 2. The Morgan fingerprint density at radius 2 is 1.49 bits per heavy atom. The molecule has 0 radical (unpaired) electrons. The highest BCUT2D eigenvalue weighted by molar-refractivity contribution is 8.79. The quantitative estimate of drug-likeness (QED) is 0.187. The van der Waals surface area contributed by atoms with Crippen LogP contribution in [0.15, 0.2) is 34.1 Å². The van der Waals surface area contributed by atoms with Crippen molar-refractivity contribution in [3.8, 4) is 0 Å². The van der Waals surface area contributed by atoms with Crippen LogP contribution in [0.3, 0.4) is 0 Å². The fourth-order valence-corrected chi connectivity index (χ4v) is 5.66. The minimum absolute atomic E-state index is 0.130. The summed E-state index contributed by atoms with van der Waals surface area (Å²) >= 11 is 0. The number of nitrogens with zero attached hydrogens (tertiary/aromatic N) is 6. The van der Waals surface area contributed by atoms with E-state index >= 15 is 0 Å². The number of allylic oxidation sites excluding steroid dienone is 1. The highest BCUT2D eigenvalue weighted by Crippen LogP contribution is 2.41. The smallest absolute Gasteiger partial charge is 0.214 e. The molecule has 0 saturated carbocycles. The molecule has 12 nitrogen and oxygen atoms in total. The maximum absolute atomic E-state index is 11.9. The fourth-order valence-electron chi connectivity index (χ4n) is 3.07. The van der Waals surface area contributed by atoms with Gasteiger partial charge in [0.25, 0.3) is 0 Å². The molecule has 0 aromatic carbocycles. The number of aromatic nitrogens is 4. The average Bonchev–Trinajstić information content (AvgIpc) is 2.86. The molecule has 37 heavy (non-hydrogen) atoms. The molecule has 14 heteroatoms. The zero-order chi connectivity index (χ0) is 27.4. The molecule has 2 rings (SSSR count). The fraction of sp³-hybridized carbons (Fsp3) is 0.391. The van der Waals surface area contributed by atoms with Crippen LogP contribution in [-0.2, 0) is 22.7 Å². The number of hydrogen-bond donors (Lipinski definition) is 4. The van der Waals surface area contributed by atoms with Crippen LogP contribution < -0.4 is 11.5 Å². The number of carbonyl (C=O) groups is 2. The largest absolute Gasteiger partial charge is 0.396 e. The zero-order valence-corrected chi connectivity index (χ0v) is 22.6. The highest BCUT2D eigenvalue weighted by Gasteiger charge is 2.16. The van der Waals surface area contributed by atoms with Crippen LogP contribution in [0.25, 0.3) is 0 Å². The van der Waals surface area contributed by atoms with Crippen molar-refractivity contribution in [1.29, 1.82) is 0 Å². The van der Waals surface area contributed by atoms with E-state index in [9.17, 15) is 19.8 Å². The van der Waals surface area contributed by atoms with Gasteiger partial charge in [0, 0.05) is 71.3 Å². The molecule has 0 fully saturated rings. The van der Waals surface area contributed by atoms with E-state index in [1.807, 2.05) is 0 Å². The molecule has 0 atom stereocenters. The van der Waals surface area contributed by atoms with Gasteiger partial charge in [-0.3, -0.25) is 9.59 Å². The molecule has 0 spiro atoms. The highest BCUT2D eigenvalue weighted by atomic mass is 33.1. The Morgan fingerprint density at radius 1 is 0.919 bits per heavy atom. The van der Waals surface area contributed by atoms with Crippen molar-refractivity contribution in [2.45, 2.75) is 46.7 Å². The van der Waals surface area contributed by atoms with Gasteiger partial charge < -0.3 is 31.5 Å². The lowest BCUT2D eigenvalue weighted by atomic mass is 10.2. The summed E-state index contributed by atoms with van der Waals surface area (Å²) in [7, 11) is 2.65. The lowest BCUT2D eigenvalue weighted by Crippen LogP contribution is -2.21. The summed E-state index contributed by atoms with van der Waals surface area (Å²) in [4.78, 5) is 44.5. The predicted molar refractivity (Wildman–Crippen MR) is 145 cm³/mol. The van der Waals surface area contributed by atoms with Gasteiger partial charge in [-0.1, -0.05) is 21.6 Å². The van der Waals surface area contributed by atoms with Crippen molar-refractivity contribution in [1.82, 2.24) is 29.7 Å². The summed E-state index contributed by atoms with van der Waals surface area (Å²) < 4.78 is 0. The topological polar surface area (TPSA) is 185 Å². The van der Waals surface area contributed by atoms with Crippen molar-refractivity contribution in [2.24, 2.45) is 0 Å². The Bertz CT molecular complexity index is 1150. The first-order valence-corrected chi connectivity index (χ1v) is 13.4. The second kappa shape index (κ2) is 15.1. The molecular formula is C23H32N8O4S2. The van der Waals surface area contributed by atoms with Crippen LogP contribution in [0.1, 0.15) is 42.5 Å². The second-order valence-electron chi connectivity index (χ2n) is 7.88. The third kappa shape index (κ3) is 9.31. The van der Waals surface area contributed by atoms with Gasteiger partial charge in [-0.25, -0.2) is 19.9 Å². The minimum Gasteiger partial charge on any atom is -0.396 e. The van der Waals surface area contributed by atoms with E-state index in [0.717, 1.165) is 4.91 Å². The standard InChI is InChI=1S/C23H32N8O4S2/c1-15(31(14-35)11-19-9-27-17(3)29-23(19)25)21(5-7-33)37-36-20(4-6-32)12-30(13-34)10-18-8-26-16(2)28-22(18)24/h8-9,12-14,32-33H,4-7,10-11H2,1-3H3,(H2,24,26,28)(H2,25,27,29). The van der Waals surface area contributed by atoms with Gasteiger partial charge in [0.15, 0.2) is 0 Å². The Labute approximate surface area is 223 Å². The van der Waals surface area contributed by atoms with Crippen LogP contribution in [-0.4, -0.2) is 66.0 Å². The number of nitrogens with two attached hydrogens (primary N) is 2. The number of anilines is 2. The van der Waals surface area contributed by atoms with Crippen LogP contribution in [0.2, 0.25) is 0 Å². The second-order valence-corrected chi connectivity index (χ2v) is 10.2. The summed E-state index contributed by atoms with van der Waals surface area (Å²) in [5.41, 5.74) is 13.7. The summed E-state index contributed by atoms with van der Waals surface area (Å²) in [5, 5.41) is 19.2. The van der Waals surface area contributed by atoms with Crippen LogP contribution in [0, 0.1) is 13.8 Å². The van der Waals surface area contributed by atoms with E-state index in [4.69, 9.17) is 11.5 Å². The van der Waals surface area contributed by atoms with E-state index in [-0.39, 0.29) is 32.1 Å². The predicted octanol–water partition coefficient (Wildman–Crippen LogP) is 1.88. The Kier molecular flexibility index (Phi) is 12.3. The van der Waals surface area contributed by atoms with E-state index in [1.165, 1.54) is 31.4 Å². The van der Waals surface area contributed by atoms with Gasteiger partial charge in [0.05, 0.1) is 13.1 Å². The first kappa shape index (κ1) is 30.0. The molecular weight excluding hydrogens is 516 g/mol. The maximum Gasteiger partial charge on any atom is 0.214 e. The molecule has 2 aromatic rings. The molecule has 0 saturated heterocycles. The number of nitrogen functional groups attached to an aromatic ring is 2. The molecule has 0 bridgehead atoms. The van der Waals surface area contributed by atoms with E-state index in [2.05, 4.69) is 19.9 Å². The third-order valence-electron chi connectivity index (χ3n) is 5.08. The van der Waals surface area contributed by atoms with E-state index < -0.39 is 0 Å². The van der Waals surface area contributed by atoms with Gasteiger partial charge in [0.2, 0.25) is 12.8 Å². The molecule has 0 aliphatic heterocycles. The normalized spacial score (nSPS) is 12.2. The summed E-state index contributed by atoms with van der Waals surface area (Å²) in [6.07, 6.45) is 6.70. The number of amides is 2. The molecule has 0 aliphatic rings. The number of aliphatic hydroxyl groups excluding tert-OH is 2. The molecule has 200 valence electrons. The first-order chi connectivity index (χ1) is 17.7. The van der Waals surface area contributed by atoms with Crippen molar-refractivity contribution in [2.75, 3.05) is 24.7 Å². The minimum atomic E-state index is -0.132. The molecule has 0 unspecified atom stereocenters. The van der Waals surface area contributed by atoms with Gasteiger partial charge in [-0.05, 0) is 20.8 Å². The molecule has 2 heterocycles. The van der Waals surface area contributed by atoms with Gasteiger partial charge in [-0.2, -0.15) is 0 Å². The van der Waals surface area contributed by atoms with Crippen molar-refractivity contribution < 1.29 is 19.8 Å². The maximum atomic E-state index is 11.9. The van der Waals surface area contributed by atoms with Gasteiger partial charge in [0.1, 0.15) is 23.3 Å². The van der Waals surface area contributed by atoms with Crippen molar-refractivity contribution in [3.05, 3.63) is 56.9 Å². The van der Waals surface area contributed by atoms with Crippen molar-refractivity contribution >= 4 is 46.0 Å². The number of hydrogen-bond acceptors (Lipinski definition) is 12. The van der Waals surface area contributed by atoms with Gasteiger partial charge >= 0.3 is 0 Å². The Morgan fingerprint density at radius 3 is 1.97 bits per heavy atom. The number of rotatable bonds is 15. The SMILES string of the molecule is CC(=C(CCO)SSC(=CN(C=O)Cc1cnc(C)nc1N)CCO)N(C=O)Cc1cnc(C)nc1N. The van der Waals surface area contributed by atoms with Gasteiger partial charge in [-0.15, -0.1) is 0 Å². The Hall–Kier alpha value is -3.20. The lowest BCUT2D eigenvalue weighted by Gasteiger charge is -2.22. The van der Waals surface area contributed by atoms with Crippen molar-refractivity contribution in [3.63, 3.8) is 0 Å². The van der Waals surface area contributed by atoms with E-state index in [0.29, 0.717) is 64.9 Å². The molecule has 0 aliphatic carbocycles. The number of carbonyl (C=O) groups excluding carboxylic acids is 2. The van der Waals surface area contributed by atoms with E-state index in [1.54, 1.807) is 39.4 Å². The monoisotopic (exact) mass is 548 g/mol. The number of aliphatic hydroxyl groups is 2. The summed E-state index contributed by atoms with van der Waals surface area (Å²) in [6, 6.07) is 0. The molecule has 2 aromatic heterocycles. The average molecular weight is 549 g/mol. The Balaban J connectivity index is 2.23. The summed E-state index contributed by atoms with van der Waals surface area (Å²) in [6.45, 7) is 5.28. The third-order valence-corrected chi connectivity index (χ3v) is 7.89. The van der Waals surface area contributed by atoms with Crippen LogP contribution >= 0.6 is 21.6 Å². The summed E-state index contributed by atoms with van der Waals surface area (Å²) in [5.74, 6) is 1.64. The molecule has 2 amide bonds. The van der Waals surface area contributed by atoms with Crippen LogP contribution in [0.5, 0.6) is 0 Å².